The van der Waals surface area contributed by atoms with Gasteiger partial charge >= 0.3 is 0 Å². The normalized spacial score (nSPS) is 17.5. The van der Waals surface area contributed by atoms with Crippen molar-refractivity contribution < 1.29 is 0 Å². The third-order valence-electron chi connectivity index (χ3n) is 6.87. The lowest BCUT2D eigenvalue weighted by atomic mass is 10.0. The van der Waals surface area contributed by atoms with Gasteiger partial charge in [-0.05, 0) is 87.7 Å². The monoisotopic (exact) mass is 552 g/mol. The molecule has 1 fully saturated rings. The van der Waals surface area contributed by atoms with Crippen molar-refractivity contribution in [1.29, 1.82) is 5.26 Å². The molecule has 0 saturated carbocycles. The molecule has 1 saturated heterocycles. The molecule has 1 aromatic carbocycles. The molecule has 38 heavy (non-hydrogen) atoms. The van der Waals surface area contributed by atoms with Gasteiger partial charge in [-0.2, -0.15) is 5.26 Å². The van der Waals surface area contributed by atoms with Crippen molar-refractivity contribution >= 4 is 39.9 Å². The number of amidine groups is 1. The van der Waals surface area contributed by atoms with E-state index in [9.17, 15) is 5.26 Å². The summed E-state index contributed by atoms with van der Waals surface area (Å²) in [4.78, 5) is 7.10. The lowest BCUT2D eigenvalue weighted by Gasteiger charge is -2.25. The third kappa shape index (κ3) is 11.7. The fraction of sp³-hybridized carbons (Fsp3) is 0.594. The van der Waals surface area contributed by atoms with Gasteiger partial charge in [0.05, 0.1) is 11.6 Å². The average Bonchev–Trinajstić information content (AvgIpc) is 3.30. The van der Waals surface area contributed by atoms with Gasteiger partial charge in [0, 0.05) is 24.0 Å². The largest absolute Gasteiger partial charge is 0.332 e. The zero-order valence-corrected chi connectivity index (χ0v) is 25.7. The van der Waals surface area contributed by atoms with E-state index in [1.54, 1.807) is 11.8 Å². The maximum atomic E-state index is 9.45. The van der Waals surface area contributed by atoms with Crippen LogP contribution in [0.15, 0.2) is 47.5 Å². The second-order valence-corrected chi connectivity index (χ2v) is 11.7. The number of nitrogens with one attached hydrogen (secondary N) is 1. The third-order valence-corrected chi connectivity index (χ3v) is 8.40. The predicted molar refractivity (Wildman–Crippen MR) is 172 cm³/mol. The van der Waals surface area contributed by atoms with Crippen molar-refractivity contribution in [2.75, 3.05) is 17.6 Å². The number of rotatable bonds is 16. The Labute approximate surface area is 242 Å². The molecule has 208 valence electrons. The highest BCUT2D eigenvalue weighted by Gasteiger charge is 2.30. The SMILES string of the molecule is CCCCCC/C=C/C/C=C/CCCCC(C)CN=C1SCC(C)N1C(=S)Nc1ccc(CC)c(C#N)c1. The second kappa shape index (κ2) is 19.0. The molecule has 2 unspecified atom stereocenters. The zero-order chi connectivity index (χ0) is 27.6. The van der Waals surface area contributed by atoms with Gasteiger partial charge in [0.1, 0.15) is 0 Å². The molecule has 1 heterocycles. The van der Waals surface area contributed by atoms with Crippen LogP contribution < -0.4 is 5.32 Å². The molecule has 0 spiro atoms. The Balaban J connectivity index is 1.71. The van der Waals surface area contributed by atoms with E-state index in [0.29, 0.717) is 22.6 Å². The smallest absolute Gasteiger partial charge is 0.179 e. The number of anilines is 1. The number of hydrogen-bond donors (Lipinski definition) is 1. The van der Waals surface area contributed by atoms with E-state index in [4.69, 9.17) is 17.2 Å². The van der Waals surface area contributed by atoms with Crippen LogP contribution in [0.1, 0.15) is 103 Å². The van der Waals surface area contributed by atoms with Gasteiger partial charge in [-0.3, -0.25) is 9.89 Å². The molecule has 0 radical (unpaired) electrons. The van der Waals surface area contributed by atoms with E-state index < -0.39 is 0 Å². The molecular formula is C32H48N4S2. The number of hydrogen-bond acceptors (Lipinski definition) is 4. The minimum atomic E-state index is 0.294. The van der Waals surface area contributed by atoms with Crippen LogP contribution in [0, 0.1) is 17.2 Å². The first-order chi connectivity index (χ1) is 18.5. The van der Waals surface area contributed by atoms with E-state index in [2.05, 4.69) is 68.3 Å². The molecule has 0 aliphatic carbocycles. The summed E-state index contributed by atoms with van der Waals surface area (Å²) in [5.41, 5.74) is 2.61. The maximum Gasteiger partial charge on any atom is 0.179 e. The Hall–Kier alpha value is -2.10. The van der Waals surface area contributed by atoms with Crippen molar-refractivity contribution in [3.8, 4) is 6.07 Å². The van der Waals surface area contributed by atoms with Gasteiger partial charge < -0.3 is 5.32 Å². The van der Waals surface area contributed by atoms with Gasteiger partial charge in [-0.25, -0.2) is 0 Å². The quantitative estimate of drug-likeness (QED) is 0.126. The van der Waals surface area contributed by atoms with Gasteiger partial charge in [0.15, 0.2) is 10.3 Å². The summed E-state index contributed by atoms with van der Waals surface area (Å²) >= 11 is 7.55. The summed E-state index contributed by atoms with van der Waals surface area (Å²) in [5.74, 6) is 1.54. The van der Waals surface area contributed by atoms with Crippen LogP contribution in [0.3, 0.4) is 0 Å². The number of nitriles is 1. The number of aliphatic imine (C=N–C) groups is 1. The molecule has 2 rings (SSSR count). The fourth-order valence-corrected chi connectivity index (χ4v) is 6.02. The van der Waals surface area contributed by atoms with Crippen molar-refractivity contribution in [2.45, 2.75) is 104 Å². The van der Waals surface area contributed by atoms with Crippen molar-refractivity contribution in [3.05, 3.63) is 53.6 Å². The van der Waals surface area contributed by atoms with Crippen LogP contribution in [0.4, 0.5) is 5.69 Å². The summed E-state index contributed by atoms with van der Waals surface area (Å²) in [5, 5.41) is 14.4. The summed E-state index contributed by atoms with van der Waals surface area (Å²) in [6.45, 7) is 9.64. The van der Waals surface area contributed by atoms with E-state index in [-0.39, 0.29) is 0 Å². The first-order valence-corrected chi connectivity index (χ1v) is 16.0. The molecule has 1 N–H and O–H groups in total. The number of benzene rings is 1. The lowest BCUT2D eigenvalue weighted by Crippen LogP contribution is -2.40. The van der Waals surface area contributed by atoms with Crippen LogP contribution in [-0.2, 0) is 6.42 Å². The number of unbranched alkanes of at least 4 members (excludes halogenated alkanes) is 6. The Morgan fingerprint density at radius 1 is 1.16 bits per heavy atom. The highest BCUT2D eigenvalue weighted by atomic mass is 32.2. The van der Waals surface area contributed by atoms with Crippen molar-refractivity contribution in [2.24, 2.45) is 10.9 Å². The summed E-state index contributed by atoms with van der Waals surface area (Å²) < 4.78 is 0. The Kier molecular flexibility index (Phi) is 16.1. The predicted octanol–water partition coefficient (Wildman–Crippen LogP) is 9.28. The minimum absolute atomic E-state index is 0.294. The Morgan fingerprint density at radius 3 is 2.58 bits per heavy atom. The highest BCUT2D eigenvalue weighted by Crippen LogP contribution is 2.26. The van der Waals surface area contributed by atoms with Crippen LogP contribution in [0.2, 0.25) is 0 Å². The van der Waals surface area contributed by atoms with Crippen molar-refractivity contribution in [3.63, 3.8) is 0 Å². The van der Waals surface area contributed by atoms with Gasteiger partial charge in [0.25, 0.3) is 0 Å². The van der Waals surface area contributed by atoms with Crippen LogP contribution in [0.25, 0.3) is 0 Å². The maximum absolute atomic E-state index is 9.45. The highest BCUT2D eigenvalue weighted by molar-refractivity contribution is 8.14. The molecule has 6 heteroatoms. The summed E-state index contributed by atoms with van der Waals surface area (Å²) in [6, 6.07) is 8.48. The second-order valence-electron chi connectivity index (χ2n) is 10.3. The number of nitrogens with zero attached hydrogens (tertiary/aromatic N) is 3. The molecule has 1 aliphatic heterocycles. The first kappa shape index (κ1) is 32.1. The number of thiocarbonyl (C=S) groups is 1. The number of thioether (sulfide) groups is 1. The number of allylic oxidation sites excluding steroid dienone is 4. The Bertz CT molecular complexity index is 976. The molecule has 0 aromatic heterocycles. The van der Waals surface area contributed by atoms with Gasteiger partial charge in [-0.15, -0.1) is 0 Å². The van der Waals surface area contributed by atoms with E-state index in [0.717, 1.165) is 41.6 Å². The lowest BCUT2D eigenvalue weighted by molar-refractivity contribution is 0.500. The molecular weight excluding hydrogens is 505 g/mol. The molecule has 0 amide bonds. The van der Waals surface area contributed by atoms with E-state index in [1.165, 1.54) is 57.8 Å². The van der Waals surface area contributed by atoms with Gasteiger partial charge in [-0.1, -0.05) is 88.6 Å². The van der Waals surface area contributed by atoms with E-state index >= 15 is 0 Å². The standard InChI is InChI=1S/C32H48N4S2/c1-5-7-8-9-10-11-12-13-14-15-16-17-18-19-26(3)24-34-32-36(27(4)25-38-32)31(37)35-30-21-20-28(6-2)29(22-30)23-33/h11-12,14-15,20-22,26-27H,5-10,13,16-19,24-25H2,1-4H3,(H,35,37)/b12-11+,15-14+,34-32?. The zero-order valence-electron chi connectivity index (χ0n) is 24.0. The van der Waals surface area contributed by atoms with Crippen LogP contribution >= 0.6 is 24.0 Å². The summed E-state index contributed by atoms with van der Waals surface area (Å²) in [6.07, 6.45) is 22.6. The van der Waals surface area contributed by atoms with Gasteiger partial charge in [0.2, 0.25) is 0 Å². The average molecular weight is 553 g/mol. The summed E-state index contributed by atoms with van der Waals surface area (Å²) in [7, 11) is 0. The molecule has 0 bridgehead atoms. The fourth-order valence-electron chi connectivity index (χ4n) is 4.46. The number of aryl methyl sites for hydroxylation is 1. The molecule has 2 atom stereocenters. The molecule has 1 aromatic rings. The minimum Gasteiger partial charge on any atom is -0.332 e. The molecule has 1 aliphatic rings. The van der Waals surface area contributed by atoms with E-state index in [1.807, 2.05) is 18.2 Å². The van der Waals surface area contributed by atoms with Crippen LogP contribution in [0.5, 0.6) is 0 Å². The molecule has 4 nitrogen and oxygen atoms in total. The van der Waals surface area contributed by atoms with Crippen molar-refractivity contribution in [1.82, 2.24) is 4.90 Å². The first-order valence-electron chi connectivity index (χ1n) is 14.6. The Morgan fingerprint density at radius 2 is 1.89 bits per heavy atom. The topological polar surface area (TPSA) is 51.4 Å². The van der Waals surface area contributed by atoms with Crippen LogP contribution in [-0.4, -0.2) is 33.5 Å².